The number of nitrogens with zero attached hydrogens (tertiary/aromatic N) is 1. The van der Waals surface area contributed by atoms with Gasteiger partial charge in [-0.15, -0.1) is 0 Å². The van der Waals surface area contributed by atoms with Crippen LogP contribution in [0.1, 0.15) is 24.2 Å². The molecule has 1 heterocycles. The summed E-state index contributed by atoms with van der Waals surface area (Å²) in [6.07, 6.45) is 1.76. The van der Waals surface area contributed by atoms with E-state index in [1.165, 1.54) is 6.92 Å². The molecule has 0 radical (unpaired) electrons. The van der Waals surface area contributed by atoms with E-state index in [4.69, 9.17) is 5.11 Å². The number of amides is 1. The number of rotatable bonds is 4. The van der Waals surface area contributed by atoms with Gasteiger partial charge in [0.2, 0.25) is 0 Å². The van der Waals surface area contributed by atoms with E-state index in [1.54, 1.807) is 6.20 Å². The van der Waals surface area contributed by atoms with Crippen LogP contribution >= 0.6 is 0 Å². The quantitative estimate of drug-likeness (QED) is 0.881. The summed E-state index contributed by atoms with van der Waals surface area (Å²) in [4.78, 5) is 22.9. The minimum Gasteiger partial charge on any atom is -0.480 e. The maximum absolute atomic E-state index is 12.1. The van der Waals surface area contributed by atoms with E-state index in [0.717, 1.165) is 17.4 Å². The number of nitrogens with one attached hydrogen (secondary N) is 1. The van der Waals surface area contributed by atoms with Gasteiger partial charge in [0.1, 0.15) is 6.04 Å². The number of benzene rings is 1. The van der Waals surface area contributed by atoms with Crippen LogP contribution in [0.3, 0.4) is 0 Å². The second kappa shape index (κ2) is 5.14. The van der Waals surface area contributed by atoms with Crippen LogP contribution in [0.2, 0.25) is 0 Å². The zero-order valence-corrected chi connectivity index (χ0v) is 10.9. The van der Waals surface area contributed by atoms with Crippen molar-refractivity contribution >= 4 is 22.8 Å². The summed E-state index contributed by atoms with van der Waals surface area (Å²) < 4.78 is 1.97. The summed E-state index contributed by atoms with van der Waals surface area (Å²) in [5.41, 5.74) is 1.48. The molecule has 0 saturated carbocycles. The Morgan fingerprint density at radius 2 is 2.05 bits per heavy atom. The number of fused-ring (bicyclic) bond motifs is 1. The second-order valence-electron chi connectivity index (χ2n) is 4.38. The molecule has 0 unspecified atom stereocenters. The first-order valence-corrected chi connectivity index (χ1v) is 6.16. The van der Waals surface area contributed by atoms with Crippen LogP contribution in [0.25, 0.3) is 10.9 Å². The Balaban J connectivity index is 2.40. The first kappa shape index (κ1) is 13.1. The van der Waals surface area contributed by atoms with Crippen molar-refractivity contribution in [2.45, 2.75) is 26.4 Å². The number of hydrogen-bond donors (Lipinski definition) is 2. The van der Waals surface area contributed by atoms with Crippen molar-refractivity contribution in [3.8, 4) is 0 Å². The average Bonchev–Trinajstić information content (AvgIpc) is 2.77. The van der Waals surface area contributed by atoms with Crippen LogP contribution < -0.4 is 5.32 Å². The first-order valence-electron chi connectivity index (χ1n) is 6.16. The SMILES string of the molecule is CCn1cc(C(=O)N[C@H](C)C(=O)O)c2ccccc21. The third-order valence-electron chi connectivity index (χ3n) is 3.09. The minimum atomic E-state index is -1.05. The molecule has 0 aliphatic rings. The molecule has 5 heteroatoms. The first-order chi connectivity index (χ1) is 9.04. The lowest BCUT2D eigenvalue weighted by Crippen LogP contribution is -2.38. The smallest absolute Gasteiger partial charge is 0.325 e. The Hall–Kier alpha value is -2.30. The van der Waals surface area contributed by atoms with Gasteiger partial charge in [0.25, 0.3) is 5.91 Å². The zero-order chi connectivity index (χ0) is 14.0. The van der Waals surface area contributed by atoms with Gasteiger partial charge in [-0.05, 0) is 19.9 Å². The Labute approximate surface area is 110 Å². The van der Waals surface area contributed by atoms with E-state index in [-0.39, 0.29) is 5.91 Å². The Kier molecular flexibility index (Phi) is 3.55. The fraction of sp³-hybridized carbons (Fsp3) is 0.286. The fourth-order valence-electron chi connectivity index (χ4n) is 2.03. The lowest BCUT2D eigenvalue weighted by atomic mass is 10.1. The van der Waals surface area contributed by atoms with Gasteiger partial charge in [-0.25, -0.2) is 0 Å². The van der Waals surface area contributed by atoms with E-state index in [0.29, 0.717) is 5.56 Å². The molecular formula is C14H16N2O3. The number of para-hydroxylation sites is 1. The summed E-state index contributed by atoms with van der Waals surface area (Å²) in [5, 5.41) is 12.1. The standard InChI is InChI=1S/C14H16N2O3/c1-3-16-8-11(10-6-4-5-7-12(10)16)13(17)15-9(2)14(18)19/h4-9H,3H2,1-2H3,(H,15,17)(H,18,19)/t9-/m1/s1. The van der Waals surface area contributed by atoms with Gasteiger partial charge in [-0.3, -0.25) is 9.59 Å². The number of carbonyl (C=O) groups excluding carboxylic acids is 1. The molecule has 0 fully saturated rings. The van der Waals surface area contributed by atoms with Crippen molar-refractivity contribution in [1.82, 2.24) is 9.88 Å². The molecule has 0 spiro atoms. The van der Waals surface area contributed by atoms with Gasteiger partial charge in [0, 0.05) is 23.6 Å². The Morgan fingerprint density at radius 1 is 1.37 bits per heavy atom. The van der Waals surface area contributed by atoms with Crippen molar-refractivity contribution in [2.24, 2.45) is 0 Å². The molecule has 1 aromatic heterocycles. The number of aliphatic carboxylic acids is 1. The van der Waals surface area contributed by atoms with E-state index < -0.39 is 12.0 Å². The van der Waals surface area contributed by atoms with Gasteiger partial charge in [-0.1, -0.05) is 18.2 Å². The Morgan fingerprint density at radius 3 is 2.68 bits per heavy atom. The molecule has 19 heavy (non-hydrogen) atoms. The molecule has 2 N–H and O–H groups in total. The van der Waals surface area contributed by atoms with Crippen molar-refractivity contribution in [1.29, 1.82) is 0 Å². The molecule has 1 atom stereocenters. The fourth-order valence-corrected chi connectivity index (χ4v) is 2.03. The summed E-state index contributed by atoms with van der Waals surface area (Å²) in [5.74, 6) is -1.41. The molecule has 5 nitrogen and oxygen atoms in total. The maximum Gasteiger partial charge on any atom is 0.325 e. The molecule has 1 amide bonds. The topological polar surface area (TPSA) is 71.3 Å². The zero-order valence-electron chi connectivity index (χ0n) is 10.9. The van der Waals surface area contributed by atoms with Crippen LogP contribution in [-0.4, -0.2) is 27.6 Å². The van der Waals surface area contributed by atoms with Crippen molar-refractivity contribution < 1.29 is 14.7 Å². The van der Waals surface area contributed by atoms with E-state index in [9.17, 15) is 9.59 Å². The summed E-state index contributed by atoms with van der Waals surface area (Å²) >= 11 is 0. The number of carbonyl (C=O) groups is 2. The number of aryl methyl sites for hydroxylation is 1. The van der Waals surface area contributed by atoms with Crippen LogP contribution in [0.5, 0.6) is 0 Å². The second-order valence-corrected chi connectivity index (χ2v) is 4.38. The molecule has 0 aliphatic carbocycles. The van der Waals surface area contributed by atoms with Crippen molar-refractivity contribution in [3.63, 3.8) is 0 Å². The van der Waals surface area contributed by atoms with Crippen LogP contribution in [0.15, 0.2) is 30.5 Å². The third kappa shape index (κ3) is 2.45. The third-order valence-corrected chi connectivity index (χ3v) is 3.09. The molecule has 2 rings (SSSR count). The molecule has 2 aromatic rings. The largest absolute Gasteiger partial charge is 0.480 e. The van der Waals surface area contributed by atoms with Gasteiger partial charge < -0.3 is 15.0 Å². The molecule has 0 saturated heterocycles. The Bertz CT molecular complexity index is 631. The highest BCUT2D eigenvalue weighted by molar-refractivity contribution is 6.07. The maximum atomic E-state index is 12.1. The number of carboxylic acid groups (broad SMARTS) is 1. The highest BCUT2D eigenvalue weighted by Crippen LogP contribution is 2.21. The van der Waals surface area contributed by atoms with Crippen LogP contribution in [0.4, 0.5) is 0 Å². The number of hydrogen-bond acceptors (Lipinski definition) is 2. The van der Waals surface area contributed by atoms with Crippen molar-refractivity contribution in [3.05, 3.63) is 36.0 Å². The average molecular weight is 260 g/mol. The molecule has 100 valence electrons. The van der Waals surface area contributed by atoms with Gasteiger partial charge in [-0.2, -0.15) is 0 Å². The van der Waals surface area contributed by atoms with Gasteiger partial charge >= 0.3 is 5.97 Å². The lowest BCUT2D eigenvalue weighted by Gasteiger charge is -2.08. The predicted octanol–water partition coefficient (Wildman–Crippen LogP) is 1.86. The predicted molar refractivity (Wildman–Crippen MR) is 72.2 cm³/mol. The summed E-state index contributed by atoms with van der Waals surface area (Å²) in [7, 11) is 0. The normalized spacial score (nSPS) is 12.3. The summed E-state index contributed by atoms with van der Waals surface area (Å²) in [6.45, 7) is 4.19. The minimum absolute atomic E-state index is 0.363. The number of carboxylic acids is 1. The van der Waals surface area contributed by atoms with Gasteiger partial charge in [0.05, 0.1) is 5.56 Å². The van der Waals surface area contributed by atoms with E-state index in [1.807, 2.05) is 35.8 Å². The van der Waals surface area contributed by atoms with Crippen LogP contribution in [-0.2, 0) is 11.3 Å². The van der Waals surface area contributed by atoms with Gasteiger partial charge in [0.15, 0.2) is 0 Å². The van der Waals surface area contributed by atoms with Crippen LogP contribution in [0, 0.1) is 0 Å². The van der Waals surface area contributed by atoms with E-state index >= 15 is 0 Å². The number of aromatic nitrogens is 1. The molecule has 1 aromatic carbocycles. The highest BCUT2D eigenvalue weighted by Gasteiger charge is 2.18. The lowest BCUT2D eigenvalue weighted by molar-refractivity contribution is -0.138. The van der Waals surface area contributed by atoms with Crippen molar-refractivity contribution in [2.75, 3.05) is 0 Å². The monoisotopic (exact) mass is 260 g/mol. The van der Waals surface area contributed by atoms with E-state index in [2.05, 4.69) is 5.32 Å². The molecule has 0 aliphatic heterocycles. The summed E-state index contributed by atoms with van der Waals surface area (Å²) in [6, 6.07) is 6.67. The molecular weight excluding hydrogens is 244 g/mol. The molecule has 0 bridgehead atoms. The highest BCUT2D eigenvalue weighted by atomic mass is 16.4.